The molecule has 1 aliphatic carbocycles. The van der Waals surface area contributed by atoms with Crippen LogP contribution in [-0.2, 0) is 27.6 Å². The third kappa shape index (κ3) is 9.04. The summed E-state index contributed by atoms with van der Waals surface area (Å²) in [5.41, 5.74) is -1.86. The molecule has 3 saturated heterocycles. The number of anilines is 3. The Morgan fingerprint density at radius 1 is 1.10 bits per heavy atom. The monoisotopic (exact) mass is 885 g/mol. The molecule has 0 radical (unpaired) electrons. The van der Waals surface area contributed by atoms with Gasteiger partial charge in [-0.1, -0.05) is 6.07 Å². The maximum atomic E-state index is 13.7. The Bertz CT molecular complexity index is 2240. The highest BCUT2D eigenvalue weighted by atomic mass is 35.5. The van der Waals surface area contributed by atoms with Crippen molar-refractivity contribution in [3.8, 4) is 6.07 Å². The van der Waals surface area contributed by atoms with Gasteiger partial charge in [-0.25, -0.2) is 9.78 Å². The number of aromatic nitrogens is 3. The van der Waals surface area contributed by atoms with Crippen LogP contribution >= 0.6 is 24.6 Å². The number of nitrogens with one attached hydrogen (secondary N) is 2. The molecular formula is C41H51ClF3N11O4S. The molecule has 15 nitrogen and oxygen atoms in total. The first-order chi connectivity index (χ1) is 28.4. The number of pyridine rings is 1. The van der Waals surface area contributed by atoms with Gasteiger partial charge in [-0.05, 0) is 109 Å². The summed E-state index contributed by atoms with van der Waals surface area (Å²) in [7, 11) is 1.76. The van der Waals surface area contributed by atoms with Crippen LogP contribution < -0.4 is 20.4 Å². The first-order valence-electron chi connectivity index (χ1n) is 20.4. The molecule has 5 amide bonds. The SMILES string of the molecule is C[C@@H]1CN(CCCC2CCC(N3C(=S)N(c4cnc(C#N)c(C(F)(F)F)c4)C(=O)C3(C)C)CC2)C[C@H](C)N1CC(=O)Nc1cccc2c(N3CCC(=O)NC3=O)nn(C)c12.Cl. The van der Waals surface area contributed by atoms with E-state index in [1.54, 1.807) is 25.6 Å². The predicted molar refractivity (Wildman–Crippen MR) is 229 cm³/mol. The van der Waals surface area contributed by atoms with Gasteiger partial charge in [-0.3, -0.25) is 39.1 Å². The number of imide groups is 1. The fraction of sp³-hybridized carbons (Fsp3) is 0.561. The van der Waals surface area contributed by atoms with Gasteiger partial charge in [0, 0.05) is 56.6 Å². The lowest BCUT2D eigenvalue weighted by molar-refractivity contribution is -0.138. The minimum atomic E-state index is -4.82. The number of amides is 5. The molecule has 7 rings (SSSR count). The Hall–Kier alpha value is -4.90. The van der Waals surface area contributed by atoms with E-state index in [-0.39, 0.29) is 72.7 Å². The number of hydrogen-bond acceptors (Lipinski definition) is 10. The zero-order chi connectivity index (χ0) is 43.3. The lowest BCUT2D eigenvalue weighted by atomic mass is 9.82. The third-order valence-corrected chi connectivity index (χ3v) is 12.8. The number of para-hydroxylation sites is 1. The van der Waals surface area contributed by atoms with Crippen molar-refractivity contribution in [3.63, 3.8) is 0 Å². The zero-order valence-corrected chi connectivity index (χ0v) is 36.4. The standard InChI is InChI=1S/C41H50F3N11O4S.ClH/c1-24-21-51(22-25(2)53(24)23-34(57)47-31-10-6-9-29-35(31)50(5)49-36(29)52-17-15-33(56)48-38(52)59)16-7-8-26-11-13-27(14-12-26)55-39(60)54(37(58)40(55,3)4)28-18-30(41(42,43)44)32(19-45)46-20-28;/h6,9-10,18,20,24-27H,7-8,11-17,21-23H2,1-5H3,(H,47,57)(H,48,56,59);1H/t24-,25+,26?,27?;. The molecule has 1 aromatic carbocycles. The van der Waals surface area contributed by atoms with Crippen LogP contribution in [0.2, 0.25) is 0 Å². The fourth-order valence-corrected chi connectivity index (χ4v) is 10.1. The van der Waals surface area contributed by atoms with Gasteiger partial charge in [-0.15, -0.1) is 12.4 Å². The molecule has 4 aliphatic rings. The van der Waals surface area contributed by atoms with E-state index in [0.717, 1.165) is 75.3 Å². The van der Waals surface area contributed by atoms with Gasteiger partial charge in [0.1, 0.15) is 11.6 Å². The van der Waals surface area contributed by atoms with E-state index < -0.39 is 34.9 Å². The maximum absolute atomic E-state index is 13.7. The number of carbonyl (C=O) groups is 4. The summed E-state index contributed by atoms with van der Waals surface area (Å²) in [5.74, 6) is 0.0303. The lowest BCUT2D eigenvalue weighted by Crippen LogP contribution is -2.58. The third-order valence-electron chi connectivity index (χ3n) is 12.5. The Balaban J connectivity index is 0.00000622. The topological polar surface area (TPSA) is 163 Å². The van der Waals surface area contributed by atoms with Gasteiger partial charge in [0.25, 0.3) is 5.91 Å². The van der Waals surface area contributed by atoms with E-state index in [2.05, 4.69) is 44.4 Å². The molecule has 1 saturated carbocycles. The second-order valence-corrected chi connectivity index (χ2v) is 17.3. The molecule has 0 spiro atoms. The number of hydrogen-bond donors (Lipinski definition) is 2. The van der Waals surface area contributed by atoms with Crippen LogP contribution in [-0.4, -0.2) is 115 Å². The van der Waals surface area contributed by atoms with E-state index in [1.807, 2.05) is 23.1 Å². The Labute approximate surface area is 364 Å². The summed E-state index contributed by atoms with van der Waals surface area (Å²) >= 11 is 5.75. The number of aryl methyl sites for hydroxylation is 1. The van der Waals surface area contributed by atoms with Crippen LogP contribution in [0, 0.1) is 17.2 Å². The van der Waals surface area contributed by atoms with Crippen molar-refractivity contribution in [2.75, 3.05) is 47.8 Å². The minimum Gasteiger partial charge on any atom is -0.331 e. The van der Waals surface area contributed by atoms with Gasteiger partial charge in [0.05, 0.1) is 35.2 Å². The Morgan fingerprint density at radius 3 is 2.43 bits per heavy atom. The molecular weight excluding hydrogens is 835 g/mol. The van der Waals surface area contributed by atoms with Gasteiger partial charge >= 0.3 is 12.2 Å². The van der Waals surface area contributed by atoms with Gasteiger partial charge < -0.3 is 15.1 Å². The predicted octanol–water partition coefficient (Wildman–Crippen LogP) is 5.81. The number of piperazine rings is 1. The molecule has 4 fully saturated rings. The first-order valence-corrected chi connectivity index (χ1v) is 20.8. The molecule has 3 aromatic rings. The first kappa shape index (κ1) is 45.6. The summed E-state index contributed by atoms with van der Waals surface area (Å²) in [6.45, 7) is 10.8. The second-order valence-electron chi connectivity index (χ2n) is 17.0. The molecule has 5 heterocycles. The molecule has 2 N–H and O–H groups in total. The van der Waals surface area contributed by atoms with Crippen molar-refractivity contribution in [1.29, 1.82) is 5.26 Å². The average molecular weight is 886 g/mol. The highest BCUT2D eigenvalue weighted by molar-refractivity contribution is 7.80. The minimum absolute atomic E-state index is 0. The number of urea groups is 1. The molecule has 0 unspecified atom stereocenters. The molecule has 0 bridgehead atoms. The molecule has 20 heteroatoms. The molecule has 2 atom stereocenters. The number of benzene rings is 1. The van der Waals surface area contributed by atoms with Crippen LogP contribution in [0.1, 0.15) is 83.9 Å². The smallest absolute Gasteiger partial charge is 0.331 e. The van der Waals surface area contributed by atoms with E-state index in [9.17, 15) is 37.6 Å². The number of alkyl halides is 3. The Kier molecular flexibility index (Phi) is 13.3. The van der Waals surface area contributed by atoms with E-state index in [4.69, 9.17) is 12.2 Å². The normalized spacial score (nSPS) is 23.9. The van der Waals surface area contributed by atoms with E-state index in [0.29, 0.717) is 28.3 Å². The number of thiocarbonyl (C=S) groups is 1. The number of halogens is 4. The highest BCUT2D eigenvalue weighted by Gasteiger charge is 2.53. The van der Waals surface area contributed by atoms with E-state index in [1.165, 1.54) is 11.0 Å². The van der Waals surface area contributed by atoms with Crippen molar-refractivity contribution < 1.29 is 32.3 Å². The van der Waals surface area contributed by atoms with Gasteiger partial charge in [-0.2, -0.15) is 23.5 Å². The van der Waals surface area contributed by atoms with Crippen molar-refractivity contribution in [2.45, 2.75) is 102 Å². The average Bonchev–Trinajstić information content (AvgIpc) is 3.61. The quantitative estimate of drug-likeness (QED) is 0.236. The number of nitriles is 1. The summed E-state index contributed by atoms with van der Waals surface area (Å²) in [4.78, 5) is 64.2. The van der Waals surface area contributed by atoms with Gasteiger partial charge in [0.2, 0.25) is 11.8 Å². The van der Waals surface area contributed by atoms with Crippen LogP contribution in [0.5, 0.6) is 0 Å². The Morgan fingerprint density at radius 2 is 1.79 bits per heavy atom. The van der Waals surface area contributed by atoms with Crippen molar-refractivity contribution in [1.82, 2.24) is 34.8 Å². The maximum Gasteiger partial charge on any atom is 0.419 e. The van der Waals surface area contributed by atoms with Crippen LogP contribution in [0.3, 0.4) is 0 Å². The number of fused-ring (bicyclic) bond motifs is 1. The number of rotatable bonds is 10. The zero-order valence-electron chi connectivity index (χ0n) is 34.8. The van der Waals surface area contributed by atoms with E-state index >= 15 is 0 Å². The molecule has 61 heavy (non-hydrogen) atoms. The lowest BCUT2D eigenvalue weighted by Gasteiger charge is -2.44. The van der Waals surface area contributed by atoms with Crippen LogP contribution in [0.25, 0.3) is 10.9 Å². The molecule has 2 aromatic heterocycles. The van der Waals surface area contributed by atoms with Crippen molar-refractivity contribution in [3.05, 3.63) is 41.7 Å². The summed E-state index contributed by atoms with van der Waals surface area (Å²) in [6, 6.07) is 7.44. The number of carbonyl (C=O) groups excluding carboxylic acids is 4. The summed E-state index contributed by atoms with van der Waals surface area (Å²) in [5, 5.41) is 20.0. The van der Waals surface area contributed by atoms with Crippen LogP contribution in [0.4, 0.5) is 35.2 Å². The largest absolute Gasteiger partial charge is 0.419 e. The van der Waals surface area contributed by atoms with Crippen molar-refractivity contribution >= 4 is 81.6 Å². The van der Waals surface area contributed by atoms with Crippen molar-refractivity contribution in [2.24, 2.45) is 13.0 Å². The van der Waals surface area contributed by atoms with Gasteiger partial charge in [0.15, 0.2) is 16.6 Å². The van der Waals surface area contributed by atoms with Crippen LogP contribution in [0.15, 0.2) is 30.5 Å². The number of nitrogens with zero attached hydrogens (tertiary/aromatic N) is 9. The summed E-state index contributed by atoms with van der Waals surface area (Å²) in [6.07, 6.45) is 2.03. The molecule has 3 aliphatic heterocycles. The second kappa shape index (κ2) is 17.8. The molecule has 328 valence electrons. The summed E-state index contributed by atoms with van der Waals surface area (Å²) < 4.78 is 42.8. The fourth-order valence-electron chi connectivity index (χ4n) is 9.53. The highest BCUT2D eigenvalue weighted by Crippen LogP contribution is 2.41.